The van der Waals surface area contributed by atoms with E-state index in [1.807, 2.05) is 0 Å². The molecule has 0 aliphatic heterocycles. The van der Waals surface area contributed by atoms with E-state index in [2.05, 4.69) is 51.3 Å². The number of nitrogens with two attached hydrogens (primary N) is 1. The van der Waals surface area contributed by atoms with Crippen molar-refractivity contribution in [1.29, 1.82) is 0 Å². The lowest BCUT2D eigenvalue weighted by Crippen LogP contribution is -2.53. The van der Waals surface area contributed by atoms with Crippen LogP contribution in [-0.2, 0) is 11.2 Å². The van der Waals surface area contributed by atoms with Gasteiger partial charge in [-0.25, -0.2) is 0 Å². The summed E-state index contributed by atoms with van der Waals surface area (Å²) in [5, 5.41) is 0. The Morgan fingerprint density at radius 3 is 2.28 bits per heavy atom. The maximum absolute atomic E-state index is 5.73. The van der Waals surface area contributed by atoms with E-state index in [1.54, 1.807) is 7.11 Å². The zero-order valence-electron chi connectivity index (χ0n) is 12.2. The largest absolute Gasteiger partial charge is 0.377 e. The third-order valence-corrected chi connectivity index (χ3v) is 4.16. The highest BCUT2D eigenvalue weighted by Gasteiger charge is 2.32. The predicted octanol–water partition coefficient (Wildman–Crippen LogP) is 2.49. The van der Waals surface area contributed by atoms with Crippen LogP contribution in [0.2, 0.25) is 0 Å². The van der Waals surface area contributed by atoms with Crippen molar-refractivity contribution in [3.05, 3.63) is 34.9 Å². The number of rotatable bonds is 6. The number of hydrazine groups is 1. The molecule has 0 saturated carbocycles. The van der Waals surface area contributed by atoms with Crippen molar-refractivity contribution in [2.75, 3.05) is 7.11 Å². The quantitative estimate of drug-likeness (QED) is 0.602. The molecule has 3 heteroatoms. The fraction of sp³-hybridized carbons (Fsp3) is 0.600. The molecule has 3 N–H and O–H groups in total. The molecule has 1 aromatic rings. The molecule has 0 aliphatic carbocycles. The number of ether oxygens (including phenoxy) is 1. The molecular weight excluding hydrogens is 224 g/mol. The Morgan fingerprint density at radius 1 is 1.33 bits per heavy atom. The van der Waals surface area contributed by atoms with Crippen molar-refractivity contribution >= 4 is 0 Å². The lowest BCUT2D eigenvalue weighted by atomic mass is 9.86. The normalized spacial score (nSPS) is 16.3. The van der Waals surface area contributed by atoms with Crippen molar-refractivity contribution in [3.8, 4) is 0 Å². The van der Waals surface area contributed by atoms with E-state index in [0.29, 0.717) is 0 Å². The smallest absolute Gasteiger partial charge is 0.0817 e. The number of methoxy groups -OCH3 is 1. The van der Waals surface area contributed by atoms with Gasteiger partial charge in [0.05, 0.1) is 11.6 Å². The van der Waals surface area contributed by atoms with Crippen LogP contribution in [0, 0.1) is 13.8 Å². The van der Waals surface area contributed by atoms with Crippen LogP contribution >= 0.6 is 0 Å². The van der Waals surface area contributed by atoms with Gasteiger partial charge < -0.3 is 4.74 Å². The lowest BCUT2D eigenvalue weighted by molar-refractivity contribution is -0.0288. The van der Waals surface area contributed by atoms with Gasteiger partial charge in [-0.05, 0) is 50.3 Å². The van der Waals surface area contributed by atoms with Crippen LogP contribution in [-0.4, -0.2) is 18.8 Å². The van der Waals surface area contributed by atoms with Crippen molar-refractivity contribution in [3.63, 3.8) is 0 Å². The topological polar surface area (TPSA) is 47.3 Å². The molecule has 18 heavy (non-hydrogen) atoms. The Hall–Kier alpha value is -0.900. The second-order valence-electron chi connectivity index (χ2n) is 5.16. The van der Waals surface area contributed by atoms with Gasteiger partial charge in [-0.15, -0.1) is 0 Å². The molecule has 1 aromatic carbocycles. The van der Waals surface area contributed by atoms with Gasteiger partial charge in [0.1, 0.15) is 0 Å². The van der Waals surface area contributed by atoms with E-state index in [-0.39, 0.29) is 11.6 Å². The summed E-state index contributed by atoms with van der Waals surface area (Å²) in [4.78, 5) is 0. The molecule has 0 bridgehead atoms. The van der Waals surface area contributed by atoms with Crippen molar-refractivity contribution in [1.82, 2.24) is 5.43 Å². The van der Waals surface area contributed by atoms with E-state index in [1.165, 1.54) is 16.7 Å². The lowest BCUT2D eigenvalue weighted by Gasteiger charge is -2.36. The van der Waals surface area contributed by atoms with E-state index in [4.69, 9.17) is 10.6 Å². The molecular formula is C15H26N2O. The minimum atomic E-state index is -0.247. The summed E-state index contributed by atoms with van der Waals surface area (Å²) < 4.78 is 5.65. The fourth-order valence-electron chi connectivity index (χ4n) is 2.36. The third kappa shape index (κ3) is 3.10. The molecule has 0 fully saturated rings. The zero-order chi connectivity index (χ0) is 13.8. The van der Waals surface area contributed by atoms with E-state index < -0.39 is 0 Å². The first-order chi connectivity index (χ1) is 8.48. The van der Waals surface area contributed by atoms with Crippen molar-refractivity contribution < 1.29 is 4.74 Å². The maximum atomic E-state index is 5.73. The Bertz CT molecular complexity index is 366. The molecule has 0 saturated heterocycles. The maximum Gasteiger partial charge on any atom is 0.0817 e. The molecule has 2 unspecified atom stereocenters. The molecule has 102 valence electrons. The van der Waals surface area contributed by atoms with Crippen LogP contribution in [0.5, 0.6) is 0 Å². The Kier molecular flexibility index (Phi) is 5.32. The van der Waals surface area contributed by atoms with Crippen LogP contribution in [0.3, 0.4) is 0 Å². The van der Waals surface area contributed by atoms with E-state index >= 15 is 0 Å². The first kappa shape index (κ1) is 15.2. The van der Waals surface area contributed by atoms with Crippen LogP contribution in [0.15, 0.2) is 18.2 Å². The van der Waals surface area contributed by atoms with Crippen LogP contribution < -0.4 is 11.3 Å². The Labute approximate surface area is 111 Å². The number of hydrogen-bond acceptors (Lipinski definition) is 3. The van der Waals surface area contributed by atoms with Gasteiger partial charge in [0.15, 0.2) is 0 Å². The molecule has 0 spiro atoms. The Morgan fingerprint density at radius 2 is 1.89 bits per heavy atom. The average Bonchev–Trinajstić information content (AvgIpc) is 2.37. The van der Waals surface area contributed by atoms with Gasteiger partial charge in [0.25, 0.3) is 0 Å². The van der Waals surface area contributed by atoms with Gasteiger partial charge in [-0.1, -0.05) is 25.1 Å². The summed E-state index contributed by atoms with van der Waals surface area (Å²) in [5.74, 6) is 5.73. The van der Waals surface area contributed by atoms with Gasteiger partial charge >= 0.3 is 0 Å². The van der Waals surface area contributed by atoms with Crippen LogP contribution in [0.4, 0.5) is 0 Å². The molecule has 0 radical (unpaired) electrons. The van der Waals surface area contributed by atoms with Crippen molar-refractivity contribution in [2.24, 2.45) is 5.84 Å². The van der Waals surface area contributed by atoms with Gasteiger partial charge in [0.2, 0.25) is 0 Å². The summed E-state index contributed by atoms with van der Waals surface area (Å²) in [6, 6.07) is 6.49. The molecule has 0 heterocycles. The SMILES string of the molecule is CCC(C)(OC)C(Cc1c(C)cccc1C)NN. The van der Waals surface area contributed by atoms with Crippen LogP contribution in [0.1, 0.15) is 37.0 Å². The zero-order valence-corrected chi connectivity index (χ0v) is 12.2. The standard InChI is InChI=1S/C15H26N2O/c1-6-15(4,18-5)14(17-16)10-13-11(2)8-7-9-12(13)3/h7-9,14,17H,6,10,16H2,1-5H3. The second kappa shape index (κ2) is 6.32. The summed E-state index contributed by atoms with van der Waals surface area (Å²) in [6.45, 7) is 8.52. The van der Waals surface area contributed by atoms with Gasteiger partial charge in [0, 0.05) is 7.11 Å². The number of hydrogen-bond donors (Lipinski definition) is 2. The minimum absolute atomic E-state index is 0.104. The molecule has 1 rings (SSSR count). The third-order valence-electron chi connectivity index (χ3n) is 4.16. The first-order valence-electron chi connectivity index (χ1n) is 6.54. The highest BCUT2D eigenvalue weighted by molar-refractivity contribution is 5.34. The highest BCUT2D eigenvalue weighted by atomic mass is 16.5. The monoisotopic (exact) mass is 250 g/mol. The number of nitrogens with one attached hydrogen (secondary N) is 1. The molecule has 2 atom stereocenters. The molecule has 3 nitrogen and oxygen atoms in total. The van der Waals surface area contributed by atoms with Gasteiger partial charge in [-0.2, -0.15) is 0 Å². The Balaban J connectivity index is 3.00. The first-order valence-corrected chi connectivity index (χ1v) is 6.54. The average molecular weight is 250 g/mol. The van der Waals surface area contributed by atoms with E-state index in [9.17, 15) is 0 Å². The summed E-state index contributed by atoms with van der Waals surface area (Å²) in [6.07, 6.45) is 1.80. The molecule has 0 amide bonds. The van der Waals surface area contributed by atoms with Gasteiger partial charge in [-0.3, -0.25) is 11.3 Å². The van der Waals surface area contributed by atoms with E-state index in [0.717, 1.165) is 12.8 Å². The number of benzene rings is 1. The predicted molar refractivity (Wildman–Crippen MR) is 76.4 cm³/mol. The highest BCUT2D eigenvalue weighted by Crippen LogP contribution is 2.24. The van der Waals surface area contributed by atoms with Crippen molar-refractivity contribution in [2.45, 2.75) is 52.2 Å². The summed E-state index contributed by atoms with van der Waals surface area (Å²) >= 11 is 0. The van der Waals surface area contributed by atoms with Crippen LogP contribution in [0.25, 0.3) is 0 Å². The molecule has 0 aliphatic rings. The second-order valence-corrected chi connectivity index (χ2v) is 5.16. The number of aryl methyl sites for hydroxylation is 2. The minimum Gasteiger partial charge on any atom is -0.377 e. The summed E-state index contributed by atoms with van der Waals surface area (Å²) in [5.41, 5.74) is 6.65. The molecule has 0 aromatic heterocycles. The fourth-order valence-corrected chi connectivity index (χ4v) is 2.36. The summed E-state index contributed by atoms with van der Waals surface area (Å²) in [7, 11) is 1.75.